The van der Waals surface area contributed by atoms with Gasteiger partial charge in [-0.1, -0.05) is 23.9 Å². The van der Waals surface area contributed by atoms with E-state index in [9.17, 15) is 23.3 Å². The molecule has 4 rings (SSSR count). The number of aromatic amines is 1. The summed E-state index contributed by atoms with van der Waals surface area (Å²) in [4.78, 5) is 26.3. The number of hydrogen-bond acceptors (Lipinski definition) is 8. The summed E-state index contributed by atoms with van der Waals surface area (Å²) in [6.07, 6.45) is 1.81. The van der Waals surface area contributed by atoms with Gasteiger partial charge in [-0.05, 0) is 25.0 Å². The Morgan fingerprint density at radius 2 is 2.03 bits per heavy atom. The Morgan fingerprint density at radius 3 is 2.73 bits per heavy atom. The maximum absolute atomic E-state index is 12.9. The predicted molar refractivity (Wildman–Crippen MR) is 119 cm³/mol. The summed E-state index contributed by atoms with van der Waals surface area (Å²) in [6.45, 7) is 1.86. The van der Waals surface area contributed by atoms with Gasteiger partial charge in [-0.15, -0.1) is 5.10 Å². The van der Waals surface area contributed by atoms with Crippen molar-refractivity contribution in [1.29, 1.82) is 5.26 Å². The first kappa shape index (κ1) is 23.5. The second-order valence-electron chi connectivity index (χ2n) is 7.74. The molecule has 0 spiro atoms. The van der Waals surface area contributed by atoms with Crippen LogP contribution in [0, 0.1) is 11.3 Å². The molecular weight excluding hydrogens is 468 g/mol. The van der Waals surface area contributed by atoms with E-state index in [2.05, 4.69) is 10.2 Å². The number of thioether (sulfide) groups is 1. The largest absolute Gasteiger partial charge is 0.376 e. The van der Waals surface area contributed by atoms with Gasteiger partial charge in [0.1, 0.15) is 6.07 Å². The SMILES string of the molecule is N#Cc1ccccc1S(=O)(=O)N1CCN(C(=O)CSc2n[nH]c(=O)n2CC2CCCO2)CC1. The lowest BCUT2D eigenvalue weighted by Gasteiger charge is -2.34. The van der Waals surface area contributed by atoms with E-state index >= 15 is 0 Å². The Labute approximate surface area is 195 Å². The quantitative estimate of drug-likeness (QED) is 0.542. The number of H-pyrrole nitrogens is 1. The number of benzene rings is 1. The Hall–Kier alpha value is -2.66. The van der Waals surface area contributed by atoms with Crippen LogP contribution in [-0.2, 0) is 26.1 Å². The number of sulfonamides is 1. The Bertz CT molecular complexity index is 1200. The molecule has 0 aliphatic carbocycles. The molecule has 0 bridgehead atoms. The molecule has 2 aliphatic rings. The van der Waals surface area contributed by atoms with E-state index in [0.717, 1.165) is 12.8 Å². The molecule has 1 aromatic heterocycles. The van der Waals surface area contributed by atoms with Crippen molar-refractivity contribution in [2.24, 2.45) is 0 Å². The van der Waals surface area contributed by atoms with E-state index in [1.807, 2.05) is 6.07 Å². The van der Waals surface area contributed by atoms with Crippen molar-refractivity contribution < 1.29 is 17.9 Å². The molecule has 33 heavy (non-hydrogen) atoms. The van der Waals surface area contributed by atoms with Gasteiger partial charge >= 0.3 is 5.69 Å². The average Bonchev–Trinajstić information content (AvgIpc) is 3.48. The molecule has 1 atom stereocenters. The van der Waals surface area contributed by atoms with E-state index in [1.165, 1.54) is 32.8 Å². The predicted octanol–water partition coefficient (Wildman–Crippen LogP) is 0.247. The molecule has 2 aliphatic heterocycles. The number of amides is 1. The molecule has 1 unspecified atom stereocenters. The van der Waals surface area contributed by atoms with Crippen molar-refractivity contribution in [2.75, 3.05) is 38.5 Å². The fourth-order valence-corrected chi connectivity index (χ4v) is 6.31. The monoisotopic (exact) mass is 492 g/mol. The van der Waals surface area contributed by atoms with Crippen molar-refractivity contribution in [3.63, 3.8) is 0 Å². The van der Waals surface area contributed by atoms with Gasteiger partial charge in [-0.3, -0.25) is 9.36 Å². The van der Waals surface area contributed by atoms with Crippen LogP contribution >= 0.6 is 11.8 Å². The van der Waals surface area contributed by atoms with E-state index in [4.69, 9.17) is 4.74 Å². The summed E-state index contributed by atoms with van der Waals surface area (Å²) in [5.74, 6) is -0.0755. The Balaban J connectivity index is 1.33. The topological polar surface area (TPSA) is 141 Å². The van der Waals surface area contributed by atoms with Gasteiger partial charge in [-0.25, -0.2) is 18.3 Å². The highest BCUT2D eigenvalue weighted by atomic mass is 32.2. The molecule has 2 saturated heterocycles. The lowest BCUT2D eigenvalue weighted by molar-refractivity contribution is -0.129. The van der Waals surface area contributed by atoms with Crippen LogP contribution in [0.4, 0.5) is 0 Å². The number of nitrogens with one attached hydrogen (secondary N) is 1. The summed E-state index contributed by atoms with van der Waals surface area (Å²) in [5.41, 5.74) is -0.239. The number of nitrogens with zero attached hydrogens (tertiary/aromatic N) is 5. The smallest absolute Gasteiger partial charge is 0.344 e. The molecule has 13 heteroatoms. The minimum Gasteiger partial charge on any atom is -0.376 e. The molecular formula is C20H24N6O5S2. The number of hydrogen-bond donors (Lipinski definition) is 1. The van der Waals surface area contributed by atoms with Crippen LogP contribution in [0.2, 0.25) is 0 Å². The number of nitriles is 1. The molecule has 3 heterocycles. The molecule has 1 aromatic carbocycles. The maximum atomic E-state index is 12.9. The Morgan fingerprint density at radius 1 is 1.27 bits per heavy atom. The normalized spacial score (nSPS) is 19.5. The first-order chi connectivity index (χ1) is 15.9. The first-order valence-electron chi connectivity index (χ1n) is 10.6. The third-order valence-corrected chi connectivity index (χ3v) is 8.59. The van der Waals surface area contributed by atoms with Crippen molar-refractivity contribution in [1.82, 2.24) is 24.0 Å². The number of ether oxygens (including phenoxy) is 1. The molecule has 11 nitrogen and oxygen atoms in total. The molecule has 1 N–H and O–H groups in total. The minimum atomic E-state index is -3.82. The Kier molecular flexibility index (Phi) is 7.18. The number of carbonyl (C=O) groups excluding carboxylic acids is 1. The maximum Gasteiger partial charge on any atom is 0.344 e. The van der Waals surface area contributed by atoms with Crippen molar-refractivity contribution in [3.8, 4) is 6.07 Å². The standard InChI is InChI=1S/C20H24N6O5S2/c21-12-15-4-1-2-6-17(15)33(29,30)25-9-7-24(8-10-25)18(27)14-32-20-23-22-19(28)26(20)13-16-5-3-11-31-16/h1-2,4,6,16H,3,5,7-11,13-14H2,(H,22,28). The molecule has 0 saturated carbocycles. The minimum absolute atomic E-state index is 0.0226. The van der Waals surface area contributed by atoms with E-state index in [1.54, 1.807) is 17.0 Å². The van der Waals surface area contributed by atoms with Crippen LogP contribution in [-0.4, -0.2) is 82.9 Å². The highest BCUT2D eigenvalue weighted by Gasteiger charge is 2.31. The first-order valence-corrected chi connectivity index (χ1v) is 13.0. The highest BCUT2D eigenvalue weighted by molar-refractivity contribution is 7.99. The van der Waals surface area contributed by atoms with Gasteiger partial charge in [0.05, 0.1) is 28.9 Å². The van der Waals surface area contributed by atoms with Crippen LogP contribution in [0.3, 0.4) is 0 Å². The lowest BCUT2D eigenvalue weighted by Crippen LogP contribution is -2.51. The third kappa shape index (κ3) is 5.14. The zero-order valence-electron chi connectivity index (χ0n) is 17.8. The second-order valence-corrected chi connectivity index (χ2v) is 10.6. The van der Waals surface area contributed by atoms with Gasteiger partial charge in [0, 0.05) is 32.8 Å². The molecule has 1 amide bonds. The number of aromatic nitrogens is 3. The zero-order valence-corrected chi connectivity index (χ0v) is 19.5. The van der Waals surface area contributed by atoms with Gasteiger partial charge in [0.15, 0.2) is 5.16 Å². The molecule has 2 aromatic rings. The van der Waals surface area contributed by atoms with Crippen LogP contribution < -0.4 is 5.69 Å². The number of carbonyl (C=O) groups is 1. The number of rotatable bonds is 7. The van der Waals surface area contributed by atoms with Crippen molar-refractivity contribution in [3.05, 3.63) is 40.3 Å². The summed E-state index contributed by atoms with van der Waals surface area (Å²) in [7, 11) is -3.82. The lowest BCUT2D eigenvalue weighted by atomic mass is 10.2. The van der Waals surface area contributed by atoms with Crippen LogP contribution in [0.1, 0.15) is 18.4 Å². The molecule has 0 radical (unpaired) electrons. The van der Waals surface area contributed by atoms with Gasteiger partial charge in [0.2, 0.25) is 15.9 Å². The van der Waals surface area contributed by atoms with E-state index in [0.29, 0.717) is 18.3 Å². The van der Waals surface area contributed by atoms with E-state index < -0.39 is 10.0 Å². The van der Waals surface area contributed by atoms with Crippen LogP contribution in [0.15, 0.2) is 39.1 Å². The van der Waals surface area contributed by atoms with Crippen LogP contribution in [0.5, 0.6) is 0 Å². The summed E-state index contributed by atoms with van der Waals surface area (Å²) < 4.78 is 34.3. The summed E-state index contributed by atoms with van der Waals surface area (Å²) >= 11 is 1.17. The fraction of sp³-hybridized carbons (Fsp3) is 0.500. The third-order valence-electron chi connectivity index (χ3n) is 5.67. The highest BCUT2D eigenvalue weighted by Crippen LogP contribution is 2.22. The molecule has 2 fully saturated rings. The van der Waals surface area contributed by atoms with E-state index in [-0.39, 0.29) is 60.1 Å². The molecule has 176 valence electrons. The second kappa shape index (κ2) is 10.1. The van der Waals surface area contributed by atoms with Gasteiger partial charge in [-0.2, -0.15) is 9.57 Å². The zero-order chi connectivity index (χ0) is 23.4. The van der Waals surface area contributed by atoms with Crippen LogP contribution in [0.25, 0.3) is 0 Å². The summed E-state index contributed by atoms with van der Waals surface area (Å²) in [6, 6.07) is 8.00. The van der Waals surface area contributed by atoms with Gasteiger partial charge in [0.25, 0.3) is 0 Å². The number of piperazine rings is 1. The summed E-state index contributed by atoms with van der Waals surface area (Å²) in [5, 5.41) is 16.1. The van der Waals surface area contributed by atoms with Crippen molar-refractivity contribution >= 4 is 27.7 Å². The fourth-order valence-electron chi connectivity index (χ4n) is 3.88. The van der Waals surface area contributed by atoms with Crippen molar-refractivity contribution in [2.45, 2.75) is 35.5 Å². The average molecular weight is 493 g/mol. The van der Waals surface area contributed by atoms with Gasteiger partial charge < -0.3 is 9.64 Å².